The molecule has 5 nitrogen and oxygen atoms in total. The normalized spacial score (nSPS) is 18.6. The molecule has 0 unspecified atom stereocenters. The number of methoxy groups -OCH3 is 1. The van der Waals surface area contributed by atoms with Crippen LogP contribution >= 0.6 is 0 Å². The van der Waals surface area contributed by atoms with E-state index in [9.17, 15) is 4.79 Å². The highest BCUT2D eigenvalue weighted by atomic mass is 16.5. The van der Waals surface area contributed by atoms with Crippen LogP contribution in [0.5, 0.6) is 5.75 Å². The zero-order chi connectivity index (χ0) is 22.9. The molecule has 0 bridgehead atoms. The molecule has 3 aromatic carbocycles. The SMILES string of the molecule is COc1ccccc1CN[C@@H]1CCCN(CCNC(=O)c2ccccc2)[C@@H]1c1ccccc1. The Morgan fingerprint density at radius 2 is 1.67 bits per heavy atom. The van der Waals surface area contributed by atoms with Crippen LogP contribution in [-0.2, 0) is 6.54 Å². The number of nitrogens with zero attached hydrogens (tertiary/aromatic N) is 1. The molecule has 33 heavy (non-hydrogen) atoms. The maximum absolute atomic E-state index is 12.5. The van der Waals surface area contributed by atoms with Crippen LogP contribution in [-0.4, -0.2) is 43.6 Å². The Morgan fingerprint density at radius 3 is 2.42 bits per heavy atom. The zero-order valence-electron chi connectivity index (χ0n) is 19.2. The highest BCUT2D eigenvalue weighted by Gasteiger charge is 2.32. The fourth-order valence-corrected chi connectivity index (χ4v) is 4.72. The van der Waals surface area contributed by atoms with Gasteiger partial charge < -0.3 is 15.4 Å². The van der Waals surface area contributed by atoms with E-state index in [1.165, 1.54) is 11.1 Å². The van der Waals surface area contributed by atoms with E-state index in [1.54, 1.807) is 7.11 Å². The first-order valence-electron chi connectivity index (χ1n) is 11.7. The van der Waals surface area contributed by atoms with Crippen LogP contribution in [0.15, 0.2) is 84.9 Å². The number of para-hydroxylation sites is 1. The maximum Gasteiger partial charge on any atom is 0.251 e. The van der Waals surface area contributed by atoms with Crippen molar-refractivity contribution < 1.29 is 9.53 Å². The number of nitrogens with one attached hydrogen (secondary N) is 2. The molecule has 1 aliphatic heterocycles. The number of piperidine rings is 1. The van der Waals surface area contributed by atoms with Gasteiger partial charge in [0.05, 0.1) is 13.2 Å². The molecule has 2 N–H and O–H groups in total. The van der Waals surface area contributed by atoms with E-state index in [0.29, 0.717) is 18.2 Å². The summed E-state index contributed by atoms with van der Waals surface area (Å²) in [6, 6.07) is 28.9. The number of ether oxygens (including phenoxy) is 1. The average molecular weight is 444 g/mol. The number of hydrogen-bond acceptors (Lipinski definition) is 4. The molecule has 5 heteroatoms. The molecule has 1 heterocycles. The third kappa shape index (κ3) is 6.01. The van der Waals surface area contributed by atoms with Crippen LogP contribution in [0, 0.1) is 0 Å². The van der Waals surface area contributed by atoms with Gasteiger partial charge in [-0.25, -0.2) is 0 Å². The summed E-state index contributed by atoms with van der Waals surface area (Å²) >= 11 is 0. The fraction of sp³-hybridized carbons (Fsp3) is 0.321. The van der Waals surface area contributed by atoms with E-state index in [4.69, 9.17) is 4.74 Å². The van der Waals surface area contributed by atoms with Crippen LogP contribution in [0.1, 0.15) is 40.4 Å². The highest BCUT2D eigenvalue weighted by Crippen LogP contribution is 2.31. The first-order valence-corrected chi connectivity index (χ1v) is 11.7. The van der Waals surface area contributed by atoms with Gasteiger partial charge in [0.15, 0.2) is 0 Å². The minimum Gasteiger partial charge on any atom is -0.496 e. The van der Waals surface area contributed by atoms with Gasteiger partial charge in [0.25, 0.3) is 5.91 Å². The summed E-state index contributed by atoms with van der Waals surface area (Å²) in [5, 5.41) is 6.90. The van der Waals surface area contributed by atoms with Gasteiger partial charge >= 0.3 is 0 Å². The molecule has 1 aliphatic rings. The number of rotatable bonds is 9. The monoisotopic (exact) mass is 443 g/mol. The van der Waals surface area contributed by atoms with Crippen LogP contribution in [0.3, 0.4) is 0 Å². The Bertz CT molecular complexity index is 1010. The van der Waals surface area contributed by atoms with E-state index in [-0.39, 0.29) is 11.9 Å². The molecular formula is C28H33N3O2. The number of hydrogen-bond donors (Lipinski definition) is 2. The Morgan fingerprint density at radius 1 is 0.970 bits per heavy atom. The van der Waals surface area contributed by atoms with Crippen molar-refractivity contribution in [2.24, 2.45) is 0 Å². The van der Waals surface area contributed by atoms with Gasteiger partial charge in [0.2, 0.25) is 0 Å². The molecule has 0 aromatic heterocycles. The van der Waals surface area contributed by atoms with Crippen LogP contribution < -0.4 is 15.4 Å². The van der Waals surface area contributed by atoms with Gasteiger partial charge in [-0.1, -0.05) is 66.7 Å². The summed E-state index contributed by atoms with van der Waals surface area (Å²) in [4.78, 5) is 15.0. The largest absolute Gasteiger partial charge is 0.496 e. The lowest BCUT2D eigenvalue weighted by Crippen LogP contribution is -2.50. The average Bonchev–Trinajstić information content (AvgIpc) is 2.88. The molecule has 3 aromatic rings. The van der Waals surface area contributed by atoms with E-state index in [0.717, 1.165) is 38.2 Å². The number of carbonyl (C=O) groups is 1. The van der Waals surface area contributed by atoms with Gasteiger partial charge in [-0.15, -0.1) is 0 Å². The van der Waals surface area contributed by atoms with Gasteiger partial charge in [0.1, 0.15) is 5.75 Å². The Labute approximate surface area is 196 Å². The Kier molecular flexibility index (Phi) is 8.12. The van der Waals surface area contributed by atoms with Gasteiger partial charge in [-0.05, 0) is 43.1 Å². The summed E-state index contributed by atoms with van der Waals surface area (Å²) in [7, 11) is 1.72. The summed E-state index contributed by atoms with van der Waals surface area (Å²) < 4.78 is 5.54. The number of amides is 1. The quantitative estimate of drug-likeness (QED) is 0.514. The van der Waals surface area contributed by atoms with Crippen molar-refractivity contribution >= 4 is 5.91 Å². The minimum atomic E-state index is -0.0188. The summed E-state index contributed by atoms with van der Waals surface area (Å²) in [5.41, 5.74) is 3.18. The lowest BCUT2D eigenvalue weighted by atomic mass is 9.90. The molecule has 0 aliphatic carbocycles. The number of benzene rings is 3. The number of carbonyl (C=O) groups excluding carboxylic acids is 1. The highest BCUT2D eigenvalue weighted by molar-refractivity contribution is 5.94. The van der Waals surface area contributed by atoms with Gasteiger partial charge in [-0.2, -0.15) is 0 Å². The van der Waals surface area contributed by atoms with Crippen molar-refractivity contribution in [3.8, 4) is 5.75 Å². The van der Waals surface area contributed by atoms with Gasteiger partial charge in [-0.3, -0.25) is 9.69 Å². The second-order valence-electron chi connectivity index (χ2n) is 8.45. The van der Waals surface area contributed by atoms with E-state index >= 15 is 0 Å². The lowest BCUT2D eigenvalue weighted by Gasteiger charge is -2.42. The van der Waals surface area contributed by atoms with Crippen molar-refractivity contribution in [1.82, 2.24) is 15.5 Å². The smallest absolute Gasteiger partial charge is 0.251 e. The Hall–Kier alpha value is -3.15. The molecule has 0 spiro atoms. The second kappa shape index (κ2) is 11.6. The zero-order valence-corrected chi connectivity index (χ0v) is 19.2. The Balaban J connectivity index is 1.43. The van der Waals surface area contributed by atoms with Crippen molar-refractivity contribution in [2.75, 3.05) is 26.7 Å². The van der Waals surface area contributed by atoms with Crippen LogP contribution in [0.25, 0.3) is 0 Å². The molecule has 2 atom stereocenters. The third-order valence-electron chi connectivity index (χ3n) is 6.34. The minimum absolute atomic E-state index is 0.0188. The predicted molar refractivity (Wildman–Crippen MR) is 132 cm³/mol. The fourth-order valence-electron chi connectivity index (χ4n) is 4.72. The molecule has 1 saturated heterocycles. The van der Waals surface area contributed by atoms with Crippen molar-refractivity contribution in [3.63, 3.8) is 0 Å². The number of likely N-dealkylation sites (tertiary alicyclic amines) is 1. The first kappa shape index (κ1) is 23.0. The van der Waals surface area contributed by atoms with E-state index < -0.39 is 0 Å². The molecule has 1 fully saturated rings. The molecule has 0 radical (unpaired) electrons. The molecule has 172 valence electrons. The van der Waals surface area contributed by atoms with Crippen LogP contribution in [0.4, 0.5) is 0 Å². The predicted octanol–water partition coefficient (Wildman–Crippen LogP) is 4.42. The molecule has 1 amide bonds. The van der Waals surface area contributed by atoms with Crippen molar-refractivity contribution in [1.29, 1.82) is 0 Å². The molecule has 4 rings (SSSR count). The topological polar surface area (TPSA) is 53.6 Å². The molecular weight excluding hydrogens is 410 g/mol. The van der Waals surface area contributed by atoms with E-state index in [2.05, 4.69) is 58.0 Å². The summed E-state index contributed by atoms with van der Waals surface area (Å²) in [6.45, 7) is 3.21. The maximum atomic E-state index is 12.5. The van der Waals surface area contributed by atoms with E-state index in [1.807, 2.05) is 42.5 Å². The second-order valence-corrected chi connectivity index (χ2v) is 8.45. The third-order valence-corrected chi connectivity index (χ3v) is 6.34. The van der Waals surface area contributed by atoms with Crippen molar-refractivity contribution in [3.05, 3.63) is 102 Å². The molecule has 0 saturated carbocycles. The summed E-state index contributed by atoms with van der Waals surface area (Å²) in [5.74, 6) is 0.896. The lowest BCUT2D eigenvalue weighted by molar-refractivity contribution is 0.0910. The van der Waals surface area contributed by atoms with Crippen molar-refractivity contribution in [2.45, 2.75) is 31.5 Å². The van der Waals surface area contributed by atoms with Gasteiger partial charge in [0, 0.05) is 36.8 Å². The summed E-state index contributed by atoms with van der Waals surface area (Å²) in [6.07, 6.45) is 2.24. The standard InChI is InChI=1S/C28H33N3O2/c1-33-26-17-9-8-15-24(26)21-30-25-16-10-19-31(27(25)22-11-4-2-5-12-22)20-18-29-28(32)23-13-6-3-7-14-23/h2-9,11-15,17,25,27,30H,10,16,18-21H2,1H3,(H,29,32)/t25-,27-/m1/s1. The van der Waals surface area contributed by atoms with Crippen LogP contribution in [0.2, 0.25) is 0 Å². The first-order chi connectivity index (χ1) is 16.3.